The van der Waals surface area contributed by atoms with Gasteiger partial charge in [0.15, 0.2) is 5.11 Å². The fourth-order valence-corrected chi connectivity index (χ4v) is 2.20. The number of hydrogen-bond donors (Lipinski definition) is 2. The number of hydrogen-bond acceptors (Lipinski definition) is 5. The van der Waals surface area contributed by atoms with Crippen LogP contribution in [0.15, 0.2) is 39.9 Å². The van der Waals surface area contributed by atoms with E-state index in [4.69, 9.17) is 28.2 Å². The van der Waals surface area contributed by atoms with Crippen LogP contribution in [0.2, 0.25) is 5.02 Å². The molecule has 0 aliphatic rings. The number of benzene rings is 1. The molecule has 2 N–H and O–H groups in total. The third-order valence-corrected chi connectivity index (χ3v) is 3.30. The van der Waals surface area contributed by atoms with E-state index in [1.54, 1.807) is 18.2 Å². The van der Waals surface area contributed by atoms with Gasteiger partial charge in [0, 0.05) is 24.2 Å². The minimum absolute atomic E-state index is 0.0757. The van der Waals surface area contributed by atoms with Crippen molar-refractivity contribution in [2.75, 3.05) is 6.54 Å². The number of nitrogens with zero attached hydrogens (tertiary/aromatic N) is 2. The molecule has 0 aliphatic heterocycles. The smallest absolute Gasteiger partial charge is 0.270 e. The number of nitro benzene ring substituents is 1. The van der Waals surface area contributed by atoms with Gasteiger partial charge in [-0.3, -0.25) is 15.5 Å². The van der Waals surface area contributed by atoms with E-state index in [2.05, 4.69) is 15.8 Å². The molecule has 2 aromatic rings. The summed E-state index contributed by atoms with van der Waals surface area (Å²) in [6, 6.07) is 7.60. The van der Waals surface area contributed by atoms with E-state index in [-0.39, 0.29) is 10.7 Å². The fourth-order valence-electron chi connectivity index (χ4n) is 1.74. The van der Waals surface area contributed by atoms with E-state index in [0.717, 1.165) is 0 Å². The lowest BCUT2D eigenvalue weighted by molar-refractivity contribution is -0.384. The van der Waals surface area contributed by atoms with Crippen LogP contribution in [0.25, 0.3) is 11.3 Å². The van der Waals surface area contributed by atoms with Crippen LogP contribution in [0.5, 0.6) is 0 Å². The zero-order chi connectivity index (χ0) is 16.8. The van der Waals surface area contributed by atoms with Gasteiger partial charge in [-0.15, -0.1) is 0 Å². The second-order valence-corrected chi connectivity index (χ2v) is 5.17. The number of nitrogens with one attached hydrogen (secondary N) is 2. The molecule has 120 valence electrons. The first-order chi connectivity index (χ1) is 11.0. The molecule has 0 amide bonds. The zero-order valence-corrected chi connectivity index (χ0v) is 13.6. The van der Waals surface area contributed by atoms with Crippen LogP contribution in [0.4, 0.5) is 5.69 Å². The molecule has 1 aromatic heterocycles. The summed E-state index contributed by atoms with van der Waals surface area (Å²) in [5.41, 5.74) is 3.13. The Kier molecular flexibility index (Phi) is 5.67. The summed E-state index contributed by atoms with van der Waals surface area (Å²) >= 11 is 11.0. The number of rotatable bonds is 5. The van der Waals surface area contributed by atoms with E-state index in [0.29, 0.717) is 28.7 Å². The predicted octanol–water partition coefficient (Wildman–Crippen LogP) is 3.33. The monoisotopic (exact) mass is 352 g/mol. The standard InChI is InChI=1S/C14H13ClN4O3S/c1-2-16-14(23)18-17-8-10-4-6-13(22-10)11-5-3-9(19(20)21)7-12(11)15/h3-8H,2H2,1H3,(H2,16,18,23)/b17-8-. The molecular formula is C14H13ClN4O3S. The van der Waals surface area contributed by atoms with Gasteiger partial charge in [0.05, 0.1) is 16.2 Å². The van der Waals surface area contributed by atoms with Gasteiger partial charge in [-0.05, 0) is 37.3 Å². The summed E-state index contributed by atoms with van der Waals surface area (Å²) in [6.45, 7) is 2.62. The van der Waals surface area contributed by atoms with Crippen molar-refractivity contribution in [2.45, 2.75) is 6.92 Å². The number of nitro groups is 1. The fraction of sp³-hybridized carbons (Fsp3) is 0.143. The van der Waals surface area contributed by atoms with Gasteiger partial charge in [0.1, 0.15) is 11.5 Å². The average molecular weight is 353 g/mol. The highest BCUT2D eigenvalue weighted by Crippen LogP contribution is 2.31. The Morgan fingerprint density at radius 3 is 2.91 bits per heavy atom. The third kappa shape index (κ3) is 4.51. The molecule has 0 fully saturated rings. The second-order valence-electron chi connectivity index (χ2n) is 4.35. The molecule has 9 heteroatoms. The SMILES string of the molecule is CCNC(=S)N/N=C\c1ccc(-c2ccc([N+](=O)[O-])cc2Cl)o1. The third-order valence-electron chi connectivity index (χ3n) is 2.75. The molecular weight excluding hydrogens is 340 g/mol. The maximum absolute atomic E-state index is 10.7. The van der Waals surface area contributed by atoms with Gasteiger partial charge in [-0.25, -0.2) is 0 Å². The molecule has 1 aromatic carbocycles. The highest BCUT2D eigenvalue weighted by Gasteiger charge is 2.13. The Bertz CT molecular complexity index is 760. The first-order valence-corrected chi connectivity index (χ1v) is 7.41. The summed E-state index contributed by atoms with van der Waals surface area (Å²) in [6.07, 6.45) is 1.46. The van der Waals surface area contributed by atoms with Crippen molar-refractivity contribution in [3.63, 3.8) is 0 Å². The summed E-state index contributed by atoms with van der Waals surface area (Å²) < 4.78 is 5.59. The lowest BCUT2D eigenvalue weighted by Gasteiger charge is -2.02. The Balaban J connectivity index is 2.11. The maximum Gasteiger partial charge on any atom is 0.270 e. The van der Waals surface area contributed by atoms with Gasteiger partial charge in [0.2, 0.25) is 0 Å². The Labute approximate surface area is 142 Å². The number of non-ortho nitro benzene ring substituents is 1. The average Bonchev–Trinajstić information content (AvgIpc) is 2.96. The first kappa shape index (κ1) is 16.9. The van der Waals surface area contributed by atoms with Gasteiger partial charge >= 0.3 is 0 Å². The molecule has 0 radical (unpaired) electrons. The first-order valence-electron chi connectivity index (χ1n) is 6.62. The zero-order valence-electron chi connectivity index (χ0n) is 12.1. The molecule has 0 saturated heterocycles. The summed E-state index contributed by atoms with van der Waals surface area (Å²) in [4.78, 5) is 10.2. The highest BCUT2D eigenvalue weighted by atomic mass is 35.5. The van der Waals surface area contributed by atoms with Gasteiger partial charge in [-0.1, -0.05) is 11.6 Å². The van der Waals surface area contributed by atoms with Crippen LogP contribution in [0.3, 0.4) is 0 Å². The van der Waals surface area contributed by atoms with Crippen LogP contribution in [-0.4, -0.2) is 22.8 Å². The van der Waals surface area contributed by atoms with Crippen molar-refractivity contribution in [2.24, 2.45) is 5.10 Å². The van der Waals surface area contributed by atoms with E-state index in [1.165, 1.54) is 18.3 Å². The van der Waals surface area contributed by atoms with Crippen molar-refractivity contribution in [1.82, 2.24) is 10.7 Å². The summed E-state index contributed by atoms with van der Waals surface area (Å²) in [5.74, 6) is 0.974. The van der Waals surface area contributed by atoms with Crippen LogP contribution in [0, 0.1) is 10.1 Å². The molecule has 0 saturated carbocycles. The number of furan rings is 1. The van der Waals surface area contributed by atoms with Gasteiger partial charge in [-0.2, -0.15) is 5.10 Å². The second kappa shape index (κ2) is 7.70. The minimum atomic E-state index is -0.505. The largest absolute Gasteiger partial charge is 0.455 e. The molecule has 0 atom stereocenters. The molecule has 2 rings (SSSR count). The van der Waals surface area contributed by atoms with E-state index in [9.17, 15) is 10.1 Å². The highest BCUT2D eigenvalue weighted by molar-refractivity contribution is 7.80. The van der Waals surface area contributed by atoms with Crippen molar-refractivity contribution in [1.29, 1.82) is 0 Å². The molecule has 0 bridgehead atoms. The van der Waals surface area contributed by atoms with E-state index in [1.807, 2.05) is 6.92 Å². The van der Waals surface area contributed by atoms with Crippen molar-refractivity contribution < 1.29 is 9.34 Å². The Morgan fingerprint density at radius 1 is 1.48 bits per heavy atom. The maximum atomic E-state index is 10.7. The van der Waals surface area contributed by atoms with Crippen LogP contribution < -0.4 is 10.7 Å². The quantitative estimate of drug-likeness (QED) is 0.371. The number of halogens is 1. The molecule has 0 spiro atoms. The Morgan fingerprint density at radius 2 is 2.26 bits per heavy atom. The minimum Gasteiger partial charge on any atom is -0.455 e. The molecule has 7 nitrogen and oxygen atoms in total. The summed E-state index contributed by atoms with van der Waals surface area (Å²) in [7, 11) is 0. The van der Waals surface area contributed by atoms with Crippen molar-refractivity contribution >= 4 is 40.8 Å². The number of hydrazone groups is 1. The normalized spacial score (nSPS) is 10.7. The van der Waals surface area contributed by atoms with Crippen LogP contribution >= 0.6 is 23.8 Å². The molecule has 1 heterocycles. The molecule has 0 aliphatic carbocycles. The Hall–Kier alpha value is -2.45. The lowest BCUT2D eigenvalue weighted by Crippen LogP contribution is -2.31. The van der Waals surface area contributed by atoms with Crippen molar-refractivity contribution in [3.8, 4) is 11.3 Å². The number of thiocarbonyl (C=S) groups is 1. The van der Waals surface area contributed by atoms with E-state index >= 15 is 0 Å². The van der Waals surface area contributed by atoms with E-state index < -0.39 is 4.92 Å². The van der Waals surface area contributed by atoms with Crippen LogP contribution in [0.1, 0.15) is 12.7 Å². The van der Waals surface area contributed by atoms with Crippen LogP contribution in [-0.2, 0) is 0 Å². The van der Waals surface area contributed by atoms with Gasteiger partial charge < -0.3 is 9.73 Å². The molecule has 0 unspecified atom stereocenters. The van der Waals surface area contributed by atoms with Crippen molar-refractivity contribution in [3.05, 3.63) is 51.2 Å². The summed E-state index contributed by atoms with van der Waals surface area (Å²) in [5, 5.41) is 18.2. The van der Waals surface area contributed by atoms with Gasteiger partial charge in [0.25, 0.3) is 5.69 Å². The lowest BCUT2D eigenvalue weighted by atomic mass is 10.1. The predicted molar refractivity (Wildman–Crippen MR) is 92.8 cm³/mol. The molecule has 23 heavy (non-hydrogen) atoms. The topological polar surface area (TPSA) is 92.7 Å².